The summed E-state index contributed by atoms with van der Waals surface area (Å²) in [7, 11) is 0. The number of nitrogens with one attached hydrogen (secondary N) is 3. The third-order valence-corrected chi connectivity index (χ3v) is 6.47. The van der Waals surface area contributed by atoms with Gasteiger partial charge in [-0.2, -0.15) is 0 Å². The highest BCUT2D eigenvalue weighted by Crippen LogP contribution is 2.14. The number of aliphatic carboxylic acids is 1. The third-order valence-electron chi connectivity index (χ3n) is 6.47. The minimum Gasteiger partial charge on any atom is -0.480 e. The fourth-order valence-corrected chi connectivity index (χ4v) is 3.37. The molecule has 0 aliphatic rings. The molecule has 3 amide bonds. The Bertz CT molecular complexity index is 655. The maximum absolute atomic E-state index is 13.2. The molecule has 7 unspecified atom stereocenters. The van der Waals surface area contributed by atoms with E-state index in [1.165, 1.54) is 0 Å². The molecule has 7 atom stereocenters. The number of carboxylic acids is 1. The molecule has 0 aliphatic heterocycles. The molecule has 192 valence electrons. The van der Waals surface area contributed by atoms with Crippen molar-refractivity contribution >= 4 is 23.7 Å². The van der Waals surface area contributed by atoms with Crippen LogP contribution in [0.15, 0.2) is 0 Å². The molecular weight excluding hydrogens is 424 g/mol. The van der Waals surface area contributed by atoms with Gasteiger partial charge in [-0.15, -0.1) is 0 Å². The average molecular weight is 471 g/mol. The average Bonchev–Trinajstić information content (AvgIpc) is 2.77. The number of hydrogen-bond donors (Lipinski definition) is 5. The van der Waals surface area contributed by atoms with Crippen LogP contribution in [-0.4, -0.2) is 53.0 Å². The van der Waals surface area contributed by atoms with Crippen molar-refractivity contribution in [3.05, 3.63) is 0 Å². The van der Waals surface area contributed by atoms with E-state index >= 15 is 0 Å². The van der Waals surface area contributed by atoms with Crippen molar-refractivity contribution in [2.24, 2.45) is 29.4 Å². The molecule has 0 fully saturated rings. The molecule has 0 radical (unpaired) electrons. The first-order valence-electron chi connectivity index (χ1n) is 12.2. The zero-order chi connectivity index (χ0) is 25.9. The van der Waals surface area contributed by atoms with Crippen LogP contribution in [0.1, 0.15) is 81.1 Å². The Morgan fingerprint density at radius 3 is 1.58 bits per heavy atom. The van der Waals surface area contributed by atoms with Gasteiger partial charge in [0.15, 0.2) is 0 Å². The van der Waals surface area contributed by atoms with Crippen molar-refractivity contribution in [3.63, 3.8) is 0 Å². The van der Waals surface area contributed by atoms with Gasteiger partial charge in [0.05, 0.1) is 6.04 Å². The lowest BCUT2D eigenvalue weighted by molar-refractivity contribution is -0.144. The van der Waals surface area contributed by atoms with E-state index < -0.39 is 47.9 Å². The Morgan fingerprint density at radius 2 is 1.15 bits per heavy atom. The summed E-state index contributed by atoms with van der Waals surface area (Å²) in [5.74, 6) is -2.97. The first-order valence-corrected chi connectivity index (χ1v) is 12.2. The van der Waals surface area contributed by atoms with E-state index in [1.807, 2.05) is 48.5 Å². The molecular formula is C24H46N4O5. The fourth-order valence-electron chi connectivity index (χ4n) is 3.37. The number of carbonyl (C=O) groups is 4. The Labute approximate surface area is 199 Å². The maximum atomic E-state index is 13.2. The van der Waals surface area contributed by atoms with Crippen LogP contribution in [0.25, 0.3) is 0 Å². The van der Waals surface area contributed by atoms with Crippen molar-refractivity contribution in [2.45, 2.75) is 105 Å². The highest BCUT2D eigenvalue weighted by atomic mass is 16.4. The van der Waals surface area contributed by atoms with Crippen LogP contribution in [0.2, 0.25) is 0 Å². The third kappa shape index (κ3) is 10.1. The second-order valence-corrected chi connectivity index (χ2v) is 9.68. The van der Waals surface area contributed by atoms with Crippen molar-refractivity contribution in [2.75, 3.05) is 0 Å². The molecule has 0 aromatic heterocycles. The van der Waals surface area contributed by atoms with Crippen LogP contribution < -0.4 is 21.7 Å². The van der Waals surface area contributed by atoms with Gasteiger partial charge in [-0.05, 0) is 30.1 Å². The minimum absolute atomic E-state index is 0.0429. The van der Waals surface area contributed by atoms with E-state index in [1.54, 1.807) is 6.92 Å². The van der Waals surface area contributed by atoms with Gasteiger partial charge in [-0.1, -0.05) is 74.7 Å². The number of carbonyl (C=O) groups excluding carboxylic acids is 3. The standard InChI is InChI=1S/C24H46N4O5/c1-9-14(6)18(25)22(30)27-19(15(7)10-2)23(31)26-17(12-13(4)5)21(29)28-20(24(32)33)16(8)11-3/h13-20H,9-12,25H2,1-8H3,(H,26,31)(H,27,30)(H,28,29)(H,32,33). The molecule has 0 bridgehead atoms. The Morgan fingerprint density at radius 1 is 0.697 bits per heavy atom. The van der Waals surface area contributed by atoms with Gasteiger partial charge in [-0.3, -0.25) is 14.4 Å². The van der Waals surface area contributed by atoms with Crippen LogP contribution in [0.4, 0.5) is 0 Å². The van der Waals surface area contributed by atoms with Crippen LogP contribution in [0, 0.1) is 23.7 Å². The Kier molecular flexibility index (Phi) is 13.9. The topological polar surface area (TPSA) is 151 Å². The van der Waals surface area contributed by atoms with E-state index in [-0.39, 0.29) is 23.7 Å². The van der Waals surface area contributed by atoms with Crippen LogP contribution >= 0.6 is 0 Å². The van der Waals surface area contributed by atoms with Gasteiger partial charge in [0.25, 0.3) is 0 Å². The number of rotatable bonds is 15. The largest absolute Gasteiger partial charge is 0.480 e. The minimum atomic E-state index is -1.11. The molecule has 0 saturated carbocycles. The molecule has 0 heterocycles. The van der Waals surface area contributed by atoms with E-state index in [4.69, 9.17) is 5.73 Å². The summed E-state index contributed by atoms with van der Waals surface area (Å²) < 4.78 is 0. The summed E-state index contributed by atoms with van der Waals surface area (Å²) in [6, 6.07) is -3.57. The Hall–Kier alpha value is -2.16. The lowest BCUT2D eigenvalue weighted by Crippen LogP contribution is -2.59. The molecule has 0 aromatic rings. The van der Waals surface area contributed by atoms with E-state index in [0.717, 1.165) is 6.42 Å². The Balaban J connectivity index is 5.64. The summed E-state index contributed by atoms with van der Waals surface area (Å²) >= 11 is 0. The summed E-state index contributed by atoms with van der Waals surface area (Å²) in [4.78, 5) is 50.4. The molecule has 33 heavy (non-hydrogen) atoms. The number of amides is 3. The van der Waals surface area contributed by atoms with Gasteiger partial charge >= 0.3 is 5.97 Å². The summed E-state index contributed by atoms with van der Waals surface area (Å²) in [5.41, 5.74) is 6.04. The smallest absolute Gasteiger partial charge is 0.326 e. The number of hydrogen-bond acceptors (Lipinski definition) is 5. The van der Waals surface area contributed by atoms with Crippen LogP contribution in [-0.2, 0) is 19.2 Å². The molecule has 0 spiro atoms. The van der Waals surface area contributed by atoms with Gasteiger partial charge < -0.3 is 26.8 Å². The van der Waals surface area contributed by atoms with Crippen LogP contribution in [0.3, 0.4) is 0 Å². The molecule has 0 rings (SSSR count). The quantitative estimate of drug-likeness (QED) is 0.247. The van der Waals surface area contributed by atoms with Crippen molar-refractivity contribution < 1.29 is 24.3 Å². The summed E-state index contributed by atoms with van der Waals surface area (Å²) in [5, 5.41) is 17.6. The van der Waals surface area contributed by atoms with Crippen molar-refractivity contribution in [3.8, 4) is 0 Å². The molecule has 6 N–H and O–H groups in total. The van der Waals surface area contributed by atoms with E-state index in [2.05, 4.69) is 16.0 Å². The van der Waals surface area contributed by atoms with Gasteiger partial charge in [0, 0.05) is 0 Å². The van der Waals surface area contributed by atoms with Gasteiger partial charge in [0.2, 0.25) is 17.7 Å². The highest BCUT2D eigenvalue weighted by Gasteiger charge is 2.34. The van der Waals surface area contributed by atoms with E-state index in [9.17, 15) is 24.3 Å². The maximum Gasteiger partial charge on any atom is 0.326 e. The summed E-state index contributed by atoms with van der Waals surface area (Å²) in [6.45, 7) is 15.0. The molecule has 9 heteroatoms. The highest BCUT2D eigenvalue weighted by molar-refractivity contribution is 5.94. The second kappa shape index (κ2) is 14.9. The predicted octanol–water partition coefficient (Wildman–Crippen LogP) is 2.04. The molecule has 9 nitrogen and oxygen atoms in total. The SMILES string of the molecule is CCC(C)C(N)C(=O)NC(C(=O)NC(CC(C)C)C(=O)NC(C(=O)O)C(C)CC)C(C)CC. The first-order chi connectivity index (χ1) is 15.3. The van der Waals surface area contributed by atoms with Gasteiger partial charge in [0.1, 0.15) is 18.1 Å². The zero-order valence-electron chi connectivity index (χ0n) is 21.6. The molecule has 0 saturated heterocycles. The zero-order valence-corrected chi connectivity index (χ0v) is 21.6. The number of carboxylic acid groups (broad SMARTS) is 1. The first kappa shape index (κ1) is 30.8. The number of nitrogens with two attached hydrogens (primary N) is 1. The van der Waals surface area contributed by atoms with Crippen molar-refractivity contribution in [1.82, 2.24) is 16.0 Å². The predicted molar refractivity (Wildman–Crippen MR) is 129 cm³/mol. The summed E-state index contributed by atoms with van der Waals surface area (Å²) in [6.07, 6.45) is 2.27. The molecule has 0 aliphatic carbocycles. The monoisotopic (exact) mass is 470 g/mol. The normalized spacial score (nSPS) is 17.8. The lowest BCUT2D eigenvalue weighted by Gasteiger charge is -2.29. The second-order valence-electron chi connectivity index (χ2n) is 9.68. The fraction of sp³-hybridized carbons (Fsp3) is 0.833. The van der Waals surface area contributed by atoms with E-state index in [0.29, 0.717) is 19.3 Å². The van der Waals surface area contributed by atoms with Gasteiger partial charge in [-0.25, -0.2) is 4.79 Å². The lowest BCUT2D eigenvalue weighted by atomic mass is 9.94. The van der Waals surface area contributed by atoms with Crippen LogP contribution in [0.5, 0.6) is 0 Å². The molecule has 0 aromatic carbocycles. The van der Waals surface area contributed by atoms with Crippen molar-refractivity contribution in [1.29, 1.82) is 0 Å².